The lowest BCUT2D eigenvalue weighted by Crippen LogP contribution is -2.12. The van der Waals surface area contributed by atoms with Crippen LogP contribution in [-0.2, 0) is 4.79 Å². The maximum Gasteiger partial charge on any atom is 0.144 e. The van der Waals surface area contributed by atoms with Gasteiger partial charge in [0.1, 0.15) is 12.0 Å². The molecule has 0 aliphatic heterocycles. The number of allylic oxidation sites excluding steroid dienone is 4. The van der Waals surface area contributed by atoms with Gasteiger partial charge in [-0.3, -0.25) is 14.8 Å². The molecule has 6 heteroatoms. The Balaban J connectivity index is 0.000000321. The molecule has 5 nitrogen and oxygen atoms in total. The summed E-state index contributed by atoms with van der Waals surface area (Å²) in [5, 5.41) is 16.2. The molecule has 0 radical (unpaired) electrons. The number of aromatic hydroxyl groups is 1. The van der Waals surface area contributed by atoms with Crippen LogP contribution in [0.25, 0.3) is 10.9 Å². The van der Waals surface area contributed by atoms with Crippen LogP contribution in [0.1, 0.15) is 33.6 Å². The van der Waals surface area contributed by atoms with Gasteiger partial charge >= 0.3 is 0 Å². The topological polar surface area (TPSA) is 65.8 Å². The number of hydrogen-bond donors (Lipinski definition) is 1. The number of carbonyl (C=O) groups excluding carboxylic acids is 1. The molecule has 0 atom stereocenters. The lowest BCUT2D eigenvalue weighted by atomic mass is 10.2. The molecule has 0 aliphatic rings. The van der Waals surface area contributed by atoms with Crippen LogP contribution in [0.4, 0.5) is 0 Å². The van der Waals surface area contributed by atoms with Crippen LogP contribution in [0.3, 0.4) is 0 Å². The Morgan fingerprint density at radius 2 is 2.03 bits per heavy atom. The summed E-state index contributed by atoms with van der Waals surface area (Å²) in [4.78, 5) is 14.4. The third-order valence-corrected chi connectivity index (χ3v) is 4.60. The minimum atomic E-state index is 0.283. The van der Waals surface area contributed by atoms with Crippen LogP contribution < -0.4 is 0 Å². The first-order chi connectivity index (χ1) is 14.0. The molecule has 0 saturated carbocycles. The molecular formula is C23H28BrN3O2. The molecule has 2 aromatic rings. The zero-order valence-electron chi connectivity index (χ0n) is 17.1. The Bertz CT molecular complexity index is 889. The average Bonchev–Trinajstić information content (AvgIpc) is 2.74. The minimum absolute atomic E-state index is 0.283. The van der Waals surface area contributed by atoms with Gasteiger partial charge in [0.2, 0.25) is 0 Å². The molecule has 0 saturated heterocycles. The molecule has 0 aliphatic carbocycles. The van der Waals surface area contributed by atoms with Crippen molar-refractivity contribution < 1.29 is 9.90 Å². The highest BCUT2D eigenvalue weighted by atomic mass is 79.9. The van der Waals surface area contributed by atoms with Crippen LogP contribution in [0.15, 0.2) is 76.6 Å². The number of hydrazone groups is 1. The number of hydrogen-bond acceptors (Lipinski definition) is 5. The minimum Gasteiger partial charge on any atom is -0.508 e. The first-order valence-corrected chi connectivity index (χ1v) is 10.3. The van der Waals surface area contributed by atoms with Crippen molar-refractivity contribution in [2.24, 2.45) is 5.10 Å². The molecule has 1 heterocycles. The smallest absolute Gasteiger partial charge is 0.144 e. The summed E-state index contributed by atoms with van der Waals surface area (Å²) in [7, 11) is 0. The second kappa shape index (κ2) is 14.3. The number of phenols is 1. The Morgan fingerprint density at radius 1 is 1.24 bits per heavy atom. The van der Waals surface area contributed by atoms with Gasteiger partial charge in [-0.05, 0) is 54.6 Å². The summed E-state index contributed by atoms with van der Waals surface area (Å²) in [5.74, 6) is 0.283. The van der Waals surface area contributed by atoms with Crippen molar-refractivity contribution in [1.82, 2.24) is 9.99 Å². The number of nitrogens with zero attached hydrogens (tertiary/aromatic N) is 3. The summed E-state index contributed by atoms with van der Waals surface area (Å²) in [6.45, 7) is 6.75. The predicted octanol–water partition coefficient (Wildman–Crippen LogP) is 5.97. The second-order valence-electron chi connectivity index (χ2n) is 6.06. The van der Waals surface area contributed by atoms with Crippen LogP contribution in [0.2, 0.25) is 0 Å². The van der Waals surface area contributed by atoms with Gasteiger partial charge in [-0.2, -0.15) is 5.10 Å². The van der Waals surface area contributed by atoms with Crippen LogP contribution >= 0.6 is 15.9 Å². The normalized spacial score (nSPS) is 12.3. The van der Waals surface area contributed by atoms with Crippen molar-refractivity contribution in [1.29, 1.82) is 0 Å². The maximum absolute atomic E-state index is 10.3. The molecule has 1 aromatic heterocycles. The molecule has 0 unspecified atom stereocenters. The highest BCUT2D eigenvalue weighted by Crippen LogP contribution is 2.16. The third-order valence-electron chi connectivity index (χ3n) is 3.78. The molecule has 0 bridgehead atoms. The Kier molecular flexibility index (Phi) is 12.0. The molecular weight excluding hydrogens is 430 g/mol. The zero-order valence-corrected chi connectivity index (χ0v) is 18.7. The van der Waals surface area contributed by atoms with Gasteiger partial charge in [-0.15, -0.1) is 0 Å². The fourth-order valence-corrected chi connectivity index (χ4v) is 2.23. The fraction of sp³-hybridized carbons (Fsp3) is 0.261. The number of fused-ring (bicyclic) bond motifs is 1. The Hall–Kier alpha value is -2.73. The zero-order chi connectivity index (χ0) is 21.5. The number of pyridine rings is 1. The molecule has 0 fully saturated rings. The molecule has 0 amide bonds. The maximum atomic E-state index is 10.3. The highest BCUT2D eigenvalue weighted by Gasteiger charge is 1.94. The molecule has 0 spiro atoms. The van der Waals surface area contributed by atoms with Crippen LogP contribution in [0.5, 0.6) is 5.75 Å². The van der Waals surface area contributed by atoms with Crippen LogP contribution in [0, 0.1) is 0 Å². The summed E-state index contributed by atoms with van der Waals surface area (Å²) < 4.78 is 1.15. The van der Waals surface area contributed by atoms with Gasteiger partial charge in [-0.1, -0.05) is 54.1 Å². The van der Waals surface area contributed by atoms with E-state index in [9.17, 15) is 4.79 Å². The standard InChI is InChI=1S/C14H21BrN2O.C9H7NO/c1-4-13(3)16-17(11-8-12-18)10-7-6-9-14(15)5-2;11-8-3-4-9-7(6-8)2-1-5-10-9/h6-9,11-12H,4-5,10H2,1-3H3;1-6,11H/b7-6-,11-8-,14-9+,16-13+;. The summed E-state index contributed by atoms with van der Waals surface area (Å²) >= 11 is 3.45. The summed E-state index contributed by atoms with van der Waals surface area (Å²) in [6.07, 6.45) is 13.5. The van der Waals surface area contributed by atoms with Crippen molar-refractivity contribution in [2.75, 3.05) is 6.54 Å². The number of aldehydes is 1. The SMILES string of the molecule is CC/C(Br)=C\C=C/CN(/C=C\C=O)/N=C(\C)CC.Oc1ccc2ncccc2c1. The van der Waals surface area contributed by atoms with Gasteiger partial charge in [0.05, 0.1) is 12.1 Å². The fourth-order valence-electron chi connectivity index (χ4n) is 2.08. The largest absolute Gasteiger partial charge is 0.508 e. The molecule has 1 N–H and O–H groups in total. The van der Waals surface area contributed by atoms with Crippen molar-refractivity contribution >= 4 is 38.8 Å². The van der Waals surface area contributed by atoms with Gasteiger partial charge < -0.3 is 5.11 Å². The van der Waals surface area contributed by atoms with Crippen LogP contribution in [-0.4, -0.2) is 33.6 Å². The van der Waals surface area contributed by atoms with Gasteiger partial charge in [0.15, 0.2) is 0 Å². The molecule has 29 heavy (non-hydrogen) atoms. The van der Waals surface area contributed by atoms with Gasteiger partial charge in [-0.25, -0.2) is 0 Å². The number of benzene rings is 1. The van der Waals surface area contributed by atoms with Gasteiger partial charge in [0, 0.05) is 23.5 Å². The van der Waals surface area contributed by atoms with Crippen molar-refractivity contribution in [2.45, 2.75) is 33.6 Å². The van der Waals surface area contributed by atoms with E-state index in [1.54, 1.807) is 35.6 Å². The first-order valence-electron chi connectivity index (χ1n) is 9.47. The first kappa shape index (κ1) is 24.3. The van der Waals surface area contributed by atoms with E-state index in [-0.39, 0.29) is 5.75 Å². The number of carbonyl (C=O) groups is 1. The van der Waals surface area contributed by atoms with E-state index < -0.39 is 0 Å². The van der Waals surface area contributed by atoms with Crippen molar-refractivity contribution in [3.05, 3.63) is 71.5 Å². The molecule has 154 valence electrons. The van der Waals surface area contributed by atoms with Gasteiger partial charge in [0.25, 0.3) is 0 Å². The lowest BCUT2D eigenvalue weighted by Gasteiger charge is -2.12. The Labute approximate surface area is 181 Å². The molecule has 2 rings (SSSR count). The number of aromatic nitrogens is 1. The van der Waals surface area contributed by atoms with E-state index in [2.05, 4.69) is 39.9 Å². The van der Waals surface area contributed by atoms with E-state index in [4.69, 9.17) is 5.11 Å². The average molecular weight is 458 g/mol. The van der Waals surface area contributed by atoms with E-state index >= 15 is 0 Å². The van der Waals surface area contributed by atoms with E-state index in [1.807, 2.05) is 37.3 Å². The third kappa shape index (κ3) is 10.4. The van der Waals surface area contributed by atoms with E-state index in [0.717, 1.165) is 40.2 Å². The highest BCUT2D eigenvalue weighted by molar-refractivity contribution is 9.11. The monoisotopic (exact) mass is 457 g/mol. The van der Waals surface area contributed by atoms with E-state index in [0.29, 0.717) is 6.54 Å². The predicted molar refractivity (Wildman–Crippen MR) is 125 cm³/mol. The van der Waals surface area contributed by atoms with Crippen molar-refractivity contribution in [3.8, 4) is 5.75 Å². The Morgan fingerprint density at radius 3 is 2.72 bits per heavy atom. The lowest BCUT2D eigenvalue weighted by molar-refractivity contribution is -0.104. The van der Waals surface area contributed by atoms with Crippen molar-refractivity contribution in [3.63, 3.8) is 0 Å². The summed E-state index contributed by atoms with van der Waals surface area (Å²) in [6, 6.07) is 8.90. The van der Waals surface area contributed by atoms with E-state index in [1.165, 1.54) is 6.08 Å². The quantitative estimate of drug-likeness (QED) is 0.174. The number of phenolic OH excluding ortho intramolecular Hbond substituents is 1. The number of rotatable bonds is 8. The molecule has 1 aromatic carbocycles. The number of halogens is 1. The second-order valence-corrected chi connectivity index (χ2v) is 7.08. The summed E-state index contributed by atoms with van der Waals surface area (Å²) in [5.41, 5.74) is 1.94.